The largest absolute Gasteiger partial charge is 0.459 e. The van der Waals surface area contributed by atoms with E-state index in [1.807, 2.05) is 20.8 Å². The van der Waals surface area contributed by atoms with Gasteiger partial charge in [-0.15, -0.1) is 0 Å². The molecule has 1 atom stereocenters. The zero-order valence-corrected chi connectivity index (χ0v) is 12.6. The predicted octanol–water partition coefficient (Wildman–Crippen LogP) is 1.93. The third-order valence-electron chi connectivity index (χ3n) is 4.00. The van der Waals surface area contributed by atoms with Crippen LogP contribution >= 0.6 is 0 Å². The van der Waals surface area contributed by atoms with Crippen LogP contribution in [0.1, 0.15) is 52.9 Å². The van der Waals surface area contributed by atoms with Crippen LogP contribution in [0.3, 0.4) is 0 Å². The number of carbonyl (C=O) groups excluding carboxylic acids is 1. The Morgan fingerprint density at radius 3 is 2.47 bits per heavy atom. The molecule has 2 aliphatic heterocycles. The van der Waals surface area contributed by atoms with Gasteiger partial charge in [0.15, 0.2) is 0 Å². The summed E-state index contributed by atoms with van der Waals surface area (Å²) in [6, 6.07) is 0.537. The molecule has 1 unspecified atom stereocenters. The van der Waals surface area contributed by atoms with Gasteiger partial charge in [-0.25, -0.2) is 0 Å². The van der Waals surface area contributed by atoms with Crippen LogP contribution < -0.4 is 5.32 Å². The molecule has 0 aliphatic carbocycles. The lowest BCUT2D eigenvalue weighted by Gasteiger charge is -2.42. The second kappa shape index (κ2) is 6.23. The van der Waals surface area contributed by atoms with Gasteiger partial charge in [-0.05, 0) is 66.1 Å². The number of rotatable bonds is 2. The van der Waals surface area contributed by atoms with Gasteiger partial charge >= 0.3 is 5.97 Å². The summed E-state index contributed by atoms with van der Waals surface area (Å²) < 4.78 is 5.60. The van der Waals surface area contributed by atoms with Gasteiger partial charge in [-0.3, -0.25) is 9.69 Å². The summed E-state index contributed by atoms with van der Waals surface area (Å²) in [5, 5.41) is 3.39. The standard InChI is InChI=1S/C15H28N2O2/c1-15(2,3)19-14(18)13-6-4-5-11-17(13)12-7-9-16-10-8-12/h12-13,16H,4-11H2,1-3H3. The molecule has 0 saturated carbocycles. The molecule has 2 aliphatic rings. The van der Waals surface area contributed by atoms with Crippen LogP contribution in [0, 0.1) is 0 Å². The Morgan fingerprint density at radius 1 is 1.16 bits per heavy atom. The molecule has 1 N–H and O–H groups in total. The SMILES string of the molecule is CC(C)(C)OC(=O)C1CCCCN1C1CCNCC1. The highest BCUT2D eigenvalue weighted by Gasteiger charge is 2.36. The highest BCUT2D eigenvalue weighted by molar-refractivity contribution is 5.76. The van der Waals surface area contributed by atoms with Crippen molar-refractivity contribution in [1.82, 2.24) is 10.2 Å². The van der Waals surface area contributed by atoms with E-state index in [2.05, 4.69) is 10.2 Å². The lowest BCUT2D eigenvalue weighted by atomic mass is 9.95. The average molecular weight is 268 g/mol. The number of nitrogens with one attached hydrogen (secondary N) is 1. The van der Waals surface area contributed by atoms with Crippen LogP contribution in [0.5, 0.6) is 0 Å². The fourth-order valence-electron chi connectivity index (χ4n) is 3.15. The maximum Gasteiger partial charge on any atom is 0.323 e. The van der Waals surface area contributed by atoms with Crippen molar-refractivity contribution >= 4 is 5.97 Å². The smallest absolute Gasteiger partial charge is 0.323 e. The lowest BCUT2D eigenvalue weighted by Crippen LogP contribution is -2.54. The molecule has 0 bridgehead atoms. The number of hydrogen-bond donors (Lipinski definition) is 1. The minimum absolute atomic E-state index is 0.0175. The van der Waals surface area contributed by atoms with Crippen molar-refractivity contribution in [2.24, 2.45) is 0 Å². The van der Waals surface area contributed by atoms with E-state index in [-0.39, 0.29) is 17.6 Å². The van der Waals surface area contributed by atoms with Crippen molar-refractivity contribution in [2.75, 3.05) is 19.6 Å². The summed E-state index contributed by atoms with van der Waals surface area (Å²) in [6.07, 6.45) is 5.62. The van der Waals surface area contributed by atoms with E-state index in [1.165, 1.54) is 6.42 Å². The molecule has 0 amide bonds. The normalized spacial score (nSPS) is 27.2. The topological polar surface area (TPSA) is 41.6 Å². The number of hydrogen-bond acceptors (Lipinski definition) is 4. The molecule has 19 heavy (non-hydrogen) atoms. The van der Waals surface area contributed by atoms with Gasteiger partial charge in [-0.1, -0.05) is 6.42 Å². The Balaban J connectivity index is 2.00. The summed E-state index contributed by atoms with van der Waals surface area (Å²) in [5.41, 5.74) is -0.381. The molecule has 2 rings (SSSR count). The van der Waals surface area contributed by atoms with Crippen LogP contribution in [0.2, 0.25) is 0 Å². The zero-order chi connectivity index (χ0) is 13.9. The van der Waals surface area contributed by atoms with Crippen molar-refractivity contribution in [3.63, 3.8) is 0 Å². The maximum atomic E-state index is 12.4. The molecular formula is C15H28N2O2. The first-order valence-corrected chi connectivity index (χ1v) is 7.67. The van der Waals surface area contributed by atoms with Gasteiger partial charge in [0.05, 0.1) is 0 Å². The Labute approximate surface area is 116 Å². The van der Waals surface area contributed by atoms with Crippen LogP contribution in [0.15, 0.2) is 0 Å². The van der Waals surface area contributed by atoms with E-state index in [4.69, 9.17) is 4.74 Å². The monoisotopic (exact) mass is 268 g/mol. The van der Waals surface area contributed by atoms with Crippen molar-refractivity contribution in [1.29, 1.82) is 0 Å². The molecule has 0 aromatic carbocycles. The molecule has 110 valence electrons. The third-order valence-corrected chi connectivity index (χ3v) is 4.00. The van der Waals surface area contributed by atoms with Gasteiger partial charge in [-0.2, -0.15) is 0 Å². The molecule has 0 aromatic rings. The summed E-state index contributed by atoms with van der Waals surface area (Å²) >= 11 is 0. The van der Waals surface area contributed by atoms with Gasteiger partial charge < -0.3 is 10.1 Å². The van der Waals surface area contributed by atoms with Crippen LogP contribution in [0.4, 0.5) is 0 Å². The van der Waals surface area contributed by atoms with Crippen molar-refractivity contribution in [3.05, 3.63) is 0 Å². The third kappa shape index (κ3) is 4.18. The second-order valence-corrected chi connectivity index (χ2v) is 6.76. The Hall–Kier alpha value is -0.610. The van der Waals surface area contributed by atoms with Crippen LogP contribution in [-0.4, -0.2) is 48.2 Å². The van der Waals surface area contributed by atoms with E-state index >= 15 is 0 Å². The van der Waals surface area contributed by atoms with Gasteiger partial charge in [0, 0.05) is 6.04 Å². The summed E-state index contributed by atoms with van der Waals surface area (Å²) in [6.45, 7) is 9.03. The number of nitrogens with zero attached hydrogens (tertiary/aromatic N) is 1. The minimum Gasteiger partial charge on any atom is -0.459 e. The Morgan fingerprint density at radius 2 is 1.84 bits per heavy atom. The van der Waals surface area contributed by atoms with Crippen molar-refractivity contribution in [2.45, 2.75) is 70.6 Å². The molecule has 2 heterocycles. The van der Waals surface area contributed by atoms with E-state index in [0.29, 0.717) is 6.04 Å². The highest BCUT2D eigenvalue weighted by atomic mass is 16.6. The molecule has 0 aromatic heterocycles. The van der Waals surface area contributed by atoms with Crippen molar-refractivity contribution in [3.8, 4) is 0 Å². The maximum absolute atomic E-state index is 12.4. The molecule has 2 saturated heterocycles. The molecule has 4 nitrogen and oxygen atoms in total. The summed E-state index contributed by atoms with van der Waals surface area (Å²) in [4.78, 5) is 14.8. The molecule has 4 heteroatoms. The Kier molecular flexibility index (Phi) is 4.85. The number of carbonyl (C=O) groups is 1. The summed E-state index contributed by atoms with van der Waals surface area (Å²) in [7, 11) is 0. The van der Waals surface area contributed by atoms with Crippen molar-refractivity contribution < 1.29 is 9.53 Å². The quantitative estimate of drug-likeness (QED) is 0.777. The molecule has 2 fully saturated rings. The van der Waals surface area contributed by atoms with E-state index in [0.717, 1.165) is 45.3 Å². The molecular weight excluding hydrogens is 240 g/mol. The Bertz CT molecular complexity index is 306. The summed E-state index contributed by atoms with van der Waals surface area (Å²) in [5.74, 6) is -0.0225. The predicted molar refractivity (Wildman–Crippen MR) is 76.1 cm³/mol. The highest BCUT2D eigenvalue weighted by Crippen LogP contribution is 2.25. The fourth-order valence-corrected chi connectivity index (χ4v) is 3.15. The number of ether oxygens (including phenoxy) is 1. The first-order valence-electron chi connectivity index (χ1n) is 7.67. The number of likely N-dealkylation sites (tertiary alicyclic amines) is 1. The molecule has 0 spiro atoms. The number of piperidine rings is 2. The van der Waals surface area contributed by atoms with E-state index in [9.17, 15) is 4.79 Å². The van der Waals surface area contributed by atoms with E-state index in [1.54, 1.807) is 0 Å². The van der Waals surface area contributed by atoms with Crippen LogP contribution in [-0.2, 0) is 9.53 Å². The first-order chi connectivity index (χ1) is 8.97. The second-order valence-electron chi connectivity index (χ2n) is 6.76. The minimum atomic E-state index is -0.381. The fraction of sp³-hybridized carbons (Fsp3) is 0.933. The first kappa shape index (κ1) is 14.8. The lowest BCUT2D eigenvalue weighted by molar-refractivity contribution is -0.164. The van der Waals surface area contributed by atoms with Crippen LogP contribution in [0.25, 0.3) is 0 Å². The van der Waals surface area contributed by atoms with Gasteiger partial charge in [0.2, 0.25) is 0 Å². The average Bonchev–Trinajstić information content (AvgIpc) is 2.38. The van der Waals surface area contributed by atoms with Gasteiger partial charge in [0.25, 0.3) is 0 Å². The number of esters is 1. The zero-order valence-electron chi connectivity index (χ0n) is 12.6. The van der Waals surface area contributed by atoms with Gasteiger partial charge in [0.1, 0.15) is 11.6 Å². The molecule has 0 radical (unpaired) electrons. The van der Waals surface area contributed by atoms with E-state index < -0.39 is 0 Å².